The molecule has 136 valence electrons. The fourth-order valence-corrected chi connectivity index (χ4v) is 3.21. The molecule has 0 aromatic carbocycles. The second-order valence-electron chi connectivity index (χ2n) is 5.38. The number of amides is 1. The van der Waals surface area contributed by atoms with Crippen molar-refractivity contribution in [3.63, 3.8) is 0 Å². The number of hydrogen-bond donors (Lipinski definition) is 1. The predicted octanol–water partition coefficient (Wildman–Crippen LogP) is 3.45. The lowest BCUT2D eigenvalue weighted by molar-refractivity contribution is -0.116. The van der Waals surface area contributed by atoms with Crippen LogP contribution in [0.1, 0.15) is 34.5 Å². The molecule has 0 aliphatic rings. The molecule has 0 fully saturated rings. The van der Waals surface area contributed by atoms with Crippen LogP contribution in [-0.2, 0) is 16.0 Å². The zero-order valence-corrected chi connectivity index (χ0v) is 15.1. The van der Waals surface area contributed by atoms with Crippen molar-refractivity contribution in [3.05, 3.63) is 40.8 Å². The Morgan fingerprint density at radius 3 is 2.96 bits per heavy atom. The number of thiophene rings is 1. The van der Waals surface area contributed by atoms with Gasteiger partial charge in [0.15, 0.2) is 5.76 Å². The number of aryl methyl sites for hydroxylation is 2. The third-order valence-electron chi connectivity index (χ3n) is 3.42. The van der Waals surface area contributed by atoms with Crippen LogP contribution >= 0.6 is 11.3 Å². The van der Waals surface area contributed by atoms with Crippen LogP contribution in [-0.4, -0.2) is 28.6 Å². The minimum absolute atomic E-state index is 0.172. The second-order valence-corrected chi connectivity index (χ2v) is 6.43. The molecule has 1 N–H and O–H groups in total. The first-order valence-corrected chi connectivity index (χ1v) is 8.82. The molecular weight excluding hydrogens is 358 g/mol. The topological polar surface area (TPSA) is 107 Å². The van der Waals surface area contributed by atoms with Gasteiger partial charge in [-0.15, -0.1) is 11.3 Å². The summed E-state index contributed by atoms with van der Waals surface area (Å²) in [7, 11) is 0. The number of aromatic nitrogens is 2. The monoisotopic (exact) mass is 375 g/mol. The molecule has 3 aromatic rings. The number of nitrogens with zero attached hydrogens (tertiary/aromatic N) is 2. The summed E-state index contributed by atoms with van der Waals surface area (Å²) < 4.78 is 15.3. The molecule has 3 heterocycles. The number of hydrogen-bond acceptors (Lipinski definition) is 8. The van der Waals surface area contributed by atoms with E-state index in [-0.39, 0.29) is 18.3 Å². The highest BCUT2D eigenvalue weighted by molar-refractivity contribution is 7.18. The summed E-state index contributed by atoms with van der Waals surface area (Å²) in [6.45, 7) is 3.85. The molecule has 1 amide bonds. The van der Waals surface area contributed by atoms with Crippen molar-refractivity contribution in [2.75, 3.05) is 11.9 Å². The Kier molecular flexibility index (Phi) is 5.47. The van der Waals surface area contributed by atoms with E-state index in [9.17, 15) is 9.59 Å². The molecule has 0 atom stereocenters. The van der Waals surface area contributed by atoms with E-state index in [1.54, 1.807) is 32.0 Å². The van der Waals surface area contributed by atoms with Gasteiger partial charge in [0.2, 0.25) is 17.6 Å². The summed E-state index contributed by atoms with van der Waals surface area (Å²) >= 11 is 1.19. The molecule has 3 rings (SSSR count). The van der Waals surface area contributed by atoms with Crippen molar-refractivity contribution >= 4 is 28.2 Å². The van der Waals surface area contributed by atoms with Gasteiger partial charge in [-0.25, -0.2) is 4.79 Å². The van der Waals surface area contributed by atoms with Crippen LogP contribution in [0.4, 0.5) is 5.00 Å². The third kappa shape index (κ3) is 4.17. The summed E-state index contributed by atoms with van der Waals surface area (Å²) in [6.07, 6.45) is 1.99. The largest absolute Gasteiger partial charge is 0.462 e. The van der Waals surface area contributed by atoms with Gasteiger partial charge in [-0.05, 0) is 37.6 Å². The number of furan rings is 1. The summed E-state index contributed by atoms with van der Waals surface area (Å²) in [5.74, 6) is 0.607. The SMILES string of the molecule is CCOC(=O)c1sc(NC(=O)CCc2nc(-c3ccco3)no2)cc1C. The van der Waals surface area contributed by atoms with Gasteiger partial charge in [-0.3, -0.25) is 4.79 Å². The number of rotatable bonds is 7. The van der Waals surface area contributed by atoms with Crippen LogP contribution in [0.25, 0.3) is 11.6 Å². The Labute approximate surface area is 153 Å². The first kappa shape index (κ1) is 17.9. The quantitative estimate of drug-likeness (QED) is 0.630. The molecule has 0 saturated heterocycles. The van der Waals surface area contributed by atoms with Crippen molar-refractivity contribution in [3.8, 4) is 11.6 Å². The van der Waals surface area contributed by atoms with E-state index in [1.807, 2.05) is 0 Å². The highest BCUT2D eigenvalue weighted by Crippen LogP contribution is 2.27. The van der Waals surface area contributed by atoms with Gasteiger partial charge in [0, 0.05) is 12.8 Å². The minimum atomic E-state index is -0.383. The molecule has 0 spiro atoms. The molecule has 0 saturated carbocycles. The Balaban J connectivity index is 1.55. The van der Waals surface area contributed by atoms with Crippen LogP contribution in [0, 0.1) is 6.92 Å². The second kappa shape index (κ2) is 7.96. The highest BCUT2D eigenvalue weighted by Gasteiger charge is 2.17. The fraction of sp³-hybridized carbons (Fsp3) is 0.294. The number of esters is 1. The Morgan fingerprint density at radius 2 is 2.23 bits per heavy atom. The molecule has 0 aliphatic carbocycles. The van der Waals surface area contributed by atoms with Gasteiger partial charge in [0.05, 0.1) is 17.9 Å². The molecular formula is C17H17N3O5S. The van der Waals surface area contributed by atoms with Crippen LogP contribution in [0.15, 0.2) is 33.4 Å². The molecule has 3 aromatic heterocycles. The Morgan fingerprint density at radius 1 is 1.38 bits per heavy atom. The normalized spacial score (nSPS) is 10.7. The number of carbonyl (C=O) groups is 2. The first-order valence-electron chi connectivity index (χ1n) is 8.00. The molecule has 8 nitrogen and oxygen atoms in total. The Bertz CT molecular complexity index is 898. The highest BCUT2D eigenvalue weighted by atomic mass is 32.1. The Hall–Kier alpha value is -2.94. The summed E-state index contributed by atoms with van der Waals surface area (Å²) in [5, 5.41) is 7.17. The smallest absolute Gasteiger partial charge is 0.348 e. The lowest BCUT2D eigenvalue weighted by atomic mass is 10.3. The lowest BCUT2D eigenvalue weighted by Crippen LogP contribution is -2.11. The minimum Gasteiger partial charge on any atom is -0.462 e. The van der Waals surface area contributed by atoms with Crippen LogP contribution < -0.4 is 5.32 Å². The average Bonchev–Trinajstić information content (AvgIpc) is 3.33. The maximum Gasteiger partial charge on any atom is 0.348 e. The molecule has 9 heteroatoms. The zero-order valence-electron chi connectivity index (χ0n) is 14.3. The van der Waals surface area contributed by atoms with Crippen LogP contribution in [0.3, 0.4) is 0 Å². The maximum atomic E-state index is 12.1. The van der Waals surface area contributed by atoms with E-state index in [0.717, 1.165) is 5.56 Å². The summed E-state index contributed by atoms with van der Waals surface area (Å²) in [6, 6.07) is 5.20. The first-order chi connectivity index (χ1) is 12.6. The van der Waals surface area contributed by atoms with Gasteiger partial charge >= 0.3 is 5.97 Å². The van der Waals surface area contributed by atoms with Crippen molar-refractivity contribution in [1.82, 2.24) is 10.1 Å². The predicted molar refractivity (Wildman–Crippen MR) is 94.0 cm³/mol. The van der Waals surface area contributed by atoms with Crippen molar-refractivity contribution < 1.29 is 23.3 Å². The van der Waals surface area contributed by atoms with E-state index < -0.39 is 0 Å². The lowest BCUT2D eigenvalue weighted by Gasteiger charge is -2.00. The average molecular weight is 375 g/mol. The third-order valence-corrected chi connectivity index (χ3v) is 4.55. The van der Waals surface area contributed by atoms with Crippen LogP contribution in [0.2, 0.25) is 0 Å². The summed E-state index contributed by atoms with van der Waals surface area (Å²) in [4.78, 5) is 28.6. The number of carbonyl (C=O) groups excluding carboxylic acids is 2. The van der Waals surface area contributed by atoms with Crippen molar-refractivity contribution in [1.29, 1.82) is 0 Å². The van der Waals surface area contributed by atoms with Crippen molar-refractivity contribution in [2.45, 2.75) is 26.7 Å². The summed E-state index contributed by atoms with van der Waals surface area (Å²) in [5.41, 5.74) is 0.767. The molecule has 0 aliphatic heterocycles. The van der Waals surface area contributed by atoms with Crippen LogP contribution in [0.5, 0.6) is 0 Å². The van der Waals surface area contributed by atoms with E-state index in [0.29, 0.717) is 40.4 Å². The number of nitrogens with one attached hydrogen (secondary N) is 1. The fourth-order valence-electron chi connectivity index (χ4n) is 2.23. The molecule has 0 radical (unpaired) electrons. The van der Waals surface area contributed by atoms with Gasteiger partial charge in [0.1, 0.15) is 4.88 Å². The maximum absolute atomic E-state index is 12.1. The van der Waals surface area contributed by atoms with Gasteiger partial charge in [-0.1, -0.05) is 5.16 Å². The van der Waals surface area contributed by atoms with Gasteiger partial charge in [-0.2, -0.15) is 4.98 Å². The molecule has 26 heavy (non-hydrogen) atoms. The van der Waals surface area contributed by atoms with Gasteiger partial charge in [0.25, 0.3) is 0 Å². The number of ether oxygens (including phenoxy) is 1. The standard InChI is InChI=1S/C17H17N3O5S/c1-3-23-17(22)15-10(2)9-14(26-15)18-12(21)6-7-13-19-16(20-25-13)11-5-4-8-24-11/h4-5,8-9H,3,6-7H2,1-2H3,(H,18,21). The zero-order chi connectivity index (χ0) is 18.5. The van der Waals surface area contributed by atoms with E-state index >= 15 is 0 Å². The number of anilines is 1. The van der Waals surface area contributed by atoms with E-state index in [4.69, 9.17) is 13.7 Å². The van der Waals surface area contributed by atoms with E-state index in [1.165, 1.54) is 17.6 Å². The van der Waals surface area contributed by atoms with E-state index in [2.05, 4.69) is 15.5 Å². The molecule has 0 bridgehead atoms. The van der Waals surface area contributed by atoms with Gasteiger partial charge < -0.3 is 19.0 Å². The van der Waals surface area contributed by atoms with Crippen molar-refractivity contribution in [2.24, 2.45) is 0 Å². The molecule has 0 unspecified atom stereocenters.